The summed E-state index contributed by atoms with van der Waals surface area (Å²) >= 11 is 3.04. The van der Waals surface area contributed by atoms with Crippen LogP contribution in [0.15, 0.2) is 145 Å². The van der Waals surface area contributed by atoms with E-state index in [-0.39, 0.29) is 5.91 Å². The Morgan fingerprint density at radius 2 is 1.40 bits per heavy atom. The Hall–Kier alpha value is -5.64. The summed E-state index contributed by atoms with van der Waals surface area (Å²) in [6.45, 7) is 0. The molecule has 8 aromatic rings. The second-order valence-electron chi connectivity index (χ2n) is 11.6. The van der Waals surface area contributed by atoms with Gasteiger partial charge in [0, 0.05) is 49.2 Å². The molecule has 48 heavy (non-hydrogen) atoms. The molecule has 0 saturated heterocycles. The average molecular weight is 663 g/mol. The third-order valence-corrected chi connectivity index (χ3v) is 10.4. The fourth-order valence-corrected chi connectivity index (χ4v) is 7.99. The predicted octanol–water partition coefficient (Wildman–Crippen LogP) is 8.59. The summed E-state index contributed by atoms with van der Waals surface area (Å²) in [5.74, 6) is -0.0349. The third-order valence-electron chi connectivity index (χ3n) is 8.56. The largest absolute Gasteiger partial charge is 0.344 e. The average Bonchev–Trinajstić information content (AvgIpc) is 3.96. The second kappa shape index (κ2) is 12.2. The summed E-state index contributed by atoms with van der Waals surface area (Å²) in [6.07, 6.45) is 7.94. The number of imidazole rings is 1. The molecule has 1 amide bonds. The van der Waals surface area contributed by atoms with E-state index in [0.29, 0.717) is 4.88 Å². The molecule has 0 spiro atoms. The van der Waals surface area contributed by atoms with Gasteiger partial charge in [0.05, 0.1) is 16.0 Å². The van der Waals surface area contributed by atoms with Gasteiger partial charge in [-0.1, -0.05) is 91.0 Å². The molecule has 0 fully saturated rings. The molecule has 5 heterocycles. The van der Waals surface area contributed by atoms with Gasteiger partial charge in [0.25, 0.3) is 5.91 Å². The molecule has 0 bridgehead atoms. The summed E-state index contributed by atoms with van der Waals surface area (Å²) in [4.78, 5) is 25.4. The maximum atomic E-state index is 13.0. The topological polar surface area (TPSA) is 68.3 Å². The van der Waals surface area contributed by atoms with Crippen molar-refractivity contribution in [1.82, 2.24) is 29.0 Å². The highest BCUT2D eigenvalue weighted by Crippen LogP contribution is 2.44. The van der Waals surface area contributed by atoms with Crippen molar-refractivity contribution < 1.29 is 4.79 Å². The van der Waals surface area contributed by atoms with Gasteiger partial charge in [-0.3, -0.25) is 13.9 Å². The van der Waals surface area contributed by atoms with Crippen LogP contribution in [-0.4, -0.2) is 49.1 Å². The third kappa shape index (κ3) is 4.95. The highest BCUT2D eigenvalue weighted by atomic mass is 32.1. The lowest BCUT2D eigenvalue weighted by Gasteiger charge is -2.36. The van der Waals surface area contributed by atoms with Crippen LogP contribution < -0.4 is 0 Å². The van der Waals surface area contributed by atoms with Crippen LogP contribution in [0.25, 0.3) is 38.0 Å². The van der Waals surface area contributed by atoms with Gasteiger partial charge in [-0.2, -0.15) is 5.10 Å². The molecule has 0 aliphatic rings. The summed E-state index contributed by atoms with van der Waals surface area (Å²) in [7, 11) is 3.55. The summed E-state index contributed by atoms with van der Waals surface area (Å²) in [6, 6.07) is 39.6. The van der Waals surface area contributed by atoms with Gasteiger partial charge in [0.15, 0.2) is 0 Å². The molecule has 0 aliphatic heterocycles. The number of rotatable bonds is 8. The molecule has 0 aliphatic carbocycles. The van der Waals surface area contributed by atoms with E-state index in [1.54, 1.807) is 30.3 Å². The van der Waals surface area contributed by atoms with Crippen LogP contribution in [0, 0.1) is 0 Å². The van der Waals surface area contributed by atoms with Gasteiger partial charge in [-0.25, -0.2) is 9.97 Å². The molecule has 0 radical (unpaired) electrons. The Kier molecular flexibility index (Phi) is 7.55. The minimum atomic E-state index is -0.804. The number of carbonyl (C=O) groups excluding carboxylic acids is 1. The second-order valence-corrected chi connectivity index (χ2v) is 13.6. The van der Waals surface area contributed by atoms with Gasteiger partial charge < -0.3 is 4.90 Å². The molecule has 0 N–H and O–H groups in total. The van der Waals surface area contributed by atoms with Crippen LogP contribution >= 0.6 is 22.7 Å². The molecule has 234 valence electrons. The smallest absolute Gasteiger partial charge is 0.263 e. The number of thiazole rings is 1. The van der Waals surface area contributed by atoms with Gasteiger partial charge >= 0.3 is 0 Å². The van der Waals surface area contributed by atoms with E-state index in [9.17, 15) is 4.79 Å². The van der Waals surface area contributed by atoms with E-state index in [2.05, 4.69) is 110 Å². The molecule has 8 rings (SSSR count). The highest BCUT2D eigenvalue weighted by molar-refractivity contribution is 7.17. The summed E-state index contributed by atoms with van der Waals surface area (Å²) < 4.78 is 4.19. The molecule has 5 aromatic heterocycles. The Morgan fingerprint density at radius 3 is 1.98 bits per heavy atom. The molecule has 0 unspecified atom stereocenters. The Labute approximate surface area is 286 Å². The van der Waals surface area contributed by atoms with Crippen molar-refractivity contribution in [2.45, 2.75) is 5.54 Å². The first-order valence-electron chi connectivity index (χ1n) is 15.5. The Morgan fingerprint density at radius 1 is 0.750 bits per heavy atom. The summed E-state index contributed by atoms with van der Waals surface area (Å²) in [5, 5.41) is 8.36. The number of benzene rings is 3. The minimum Gasteiger partial charge on any atom is -0.344 e. The number of aromatic nitrogens is 5. The normalized spacial score (nSPS) is 11.6. The molecule has 7 nitrogen and oxygen atoms in total. The lowest BCUT2D eigenvalue weighted by molar-refractivity contribution is 0.0832. The van der Waals surface area contributed by atoms with Crippen LogP contribution in [0.1, 0.15) is 26.4 Å². The van der Waals surface area contributed by atoms with Crippen molar-refractivity contribution in [3.05, 3.63) is 167 Å². The SMILES string of the molecule is CN(C)C(=O)c1ccc(-c2nn(C(c3ccccc3)(c3ccccc3)c3ccccc3)cc2-c2ccc3ncc(-c4nccs4)n3c2)s1. The molecule has 0 atom stereocenters. The standard InChI is InChI=1S/C39H30N6OS2/c1-43(2)38(46)34-20-19-33(48-34)36-31(27-18-21-35-41-24-32(44(35)25-27)37-40-22-23-47-37)26-45(42-36)39(28-12-6-3-7-13-28,29-14-8-4-9-15-29)30-16-10-5-11-17-30/h3-26H,1-2H3. The predicted molar refractivity (Wildman–Crippen MR) is 193 cm³/mol. The van der Waals surface area contributed by atoms with Gasteiger partial charge in [0.1, 0.15) is 27.6 Å². The Bertz CT molecular complexity index is 2240. The molecular weight excluding hydrogens is 633 g/mol. The number of amides is 1. The number of hydrogen-bond donors (Lipinski definition) is 0. The van der Waals surface area contributed by atoms with Crippen LogP contribution in [0.5, 0.6) is 0 Å². The highest BCUT2D eigenvalue weighted by Gasteiger charge is 2.40. The van der Waals surface area contributed by atoms with Crippen molar-refractivity contribution in [2.75, 3.05) is 14.1 Å². The number of nitrogens with zero attached hydrogens (tertiary/aromatic N) is 6. The zero-order valence-corrected chi connectivity index (χ0v) is 27.9. The van der Waals surface area contributed by atoms with E-state index in [1.165, 1.54) is 11.3 Å². The fraction of sp³-hybridized carbons (Fsp3) is 0.0769. The van der Waals surface area contributed by atoms with Crippen molar-refractivity contribution >= 4 is 34.2 Å². The minimum absolute atomic E-state index is 0.0349. The number of fused-ring (bicyclic) bond motifs is 1. The van der Waals surface area contributed by atoms with Crippen LogP contribution in [0.4, 0.5) is 0 Å². The first-order valence-corrected chi connectivity index (χ1v) is 17.2. The zero-order chi connectivity index (χ0) is 32.7. The van der Waals surface area contributed by atoms with Crippen molar-refractivity contribution in [2.24, 2.45) is 0 Å². The monoisotopic (exact) mass is 662 g/mol. The molecular formula is C39H30N6OS2. The van der Waals surface area contributed by atoms with Crippen LogP contribution in [0.3, 0.4) is 0 Å². The van der Waals surface area contributed by atoms with Gasteiger partial charge in [-0.05, 0) is 41.0 Å². The molecule has 3 aromatic carbocycles. The van der Waals surface area contributed by atoms with Crippen LogP contribution in [0.2, 0.25) is 0 Å². The maximum Gasteiger partial charge on any atom is 0.263 e. The lowest BCUT2D eigenvalue weighted by atomic mass is 9.77. The van der Waals surface area contributed by atoms with E-state index in [1.807, 2.05) is 54.2 Å². The van der Waals surface area contributed by atoms with Crippen LogP contribution in [-0.2, 0) is 5.54 Å². The van der Waals surface area contributed by atoms with Crippen molar-refractivity contribution in [1.29, 1.82) is 0 Å². The Balaban J connectivity index is 1.43. The molecule has 0 saturated carbocycles. The summed E-state index contributed by atoms with van der Waals surface area (Å²) in [5.41, 5.74) is 6.89. The quantitative estimate of drug-likeness (QED) is 0.153. The van der Waals surface area contributed by atoms with E-state index in [0.717, 1.165) is 54.7 Å². The number of pyridine rings is 1. The maximum absolute atomic E-state index is 13.0. The first kappa shape index (κ1) is 29.7. The zero-order valence-electron chi connectivity index (χ0n) is 26.3. The number of hydrogen-bond acceptors (Lipinski definition) is 6. The first-order chi connectivity index (χ1) is 23.5. The van der Waals surface area contributed by atoms with Gasteiger partial charge in [-0.15, -0.1) is 22.7 Å². The van der Waals surface area contributed by atoms with Crippen molar-refractivity contribution in [3.8, 4) is 32.4 Å². The fourth-order valence-electron chi connectivity index (χ4n) is 6.32. The van der Waals surface area contributed by atoms with E-state index >= 15 is 0 Å². The van der Waals surface area contributed by atoms with E-state index in [4.69, 9.17) is 5.10 Å². The number of thiophene rings is 1. The number of carbonyl (C=O) groups is 1. The van der Waals surface area contributed by atoms with Gasteiger partial charge in [0.2, 0.25) is 0 Å². The van der Waals surface area contributed by atoms with Crippen molar-refractivity contribution in [3.63, 3.8) is 0 Å². The lowest BCUT2D eigenvalue weighted by Crippen LogP contribution is -2.38. The van der Waals surface area contributed by atoms with E-state index < -0.39 is 5.54 Å². The molecule has 9 heteroatoms.